The fourth-order valence-electron chi connectivity index (χ4n) is 3.41. The van der Waals surface area contributed by atoms with E-state index in [1.54, 1.807) is 31.5 Å². The van der Waals surface area contributed by atoms with Gasteiger partial charge in [-0.05, 0) is 86.4 Å². The summed E-state index contributed by atoms with van der Waals surface area (Å²) in [5.41, 5.74) is -0.0466. The maximum absolute atomic E-state index is 14.5. The number of hydrogen-bond donors (Lipinski definition) is 0. The van der Waals surface area contributed by atoms with Crippen LogP contribution in [0.25, 0.3) is 11.0 Å². The molecular formula is C23H35FN4O3. The lowest BCUT2D eigenvalue weighted by atomic mass is 9.98. The van der Waals surface area contributed by atoms with Crippen LogP contribution in [-0.4, -0.2) is 56.1 Å². The van der Waals surface area contributed by atoms with Crippen LogP contribution in [0.1, 0.15) is 78.2 Å². The van der Waals surface area contributed by atoms with Crippen LogP contribution in [0.15, 0.2) is 12.1 Å². The van der Waals surface area contributed by atoms with Crippen molar-refractivity contribution in [2.45, 2.75) is 91.6 Å². The van der Waals surface area contributed by atoms with Crippen LogP contribution >= 0.6 is 0 Å². The van der Waals surface area contributed by atoms with Gasteiger partial charge in [-0.2, -0.15) is 0 Å². The van der Waals surface area contributed by atoms with Gasteiger partial charge in [0.2, 0.25) is 0 Å². The molecule has 0 spiro atoms. The minimum Gasteiger partial charge on any atom is -0.444 e. The summed E-state index contributed by atoms with van der Waals surface area (Å²) in [5, 5.41) is 8.61. The predicted octanol–water partition coefficient (Wildman–Crippen LogP) is 4.92. The van der Waals surface area contributed by atoms with E-state index < -0.39 is 23.4 Å². The molecule has 1 unspecified atom stereocenters. The molecule has 8 heteroatoms. The van der Waals surface area contributed by atoms with Crippen LogP contribution in [0.4, 0.5) is 9.18 Å². The average Bonchev–Trinajstić information content (AvgIpc) is 3.02. The Morgan fingerprint density at radius 3 is 2.29 bits per heavy atom. The second-order valence-electron chi connectivity index (χ2n) is 10.7. The number of carbonyl (C=O) groups is 2. The molecule has 2 aromatic rings. The number of aldehydes is 1. The summed E-state index contributed by atoms with van der Waals surface area (Å²) in [4.78, 5) is 26.0. The summed E-state index contributed by atoms with van der Waals surface area (Å²) in [6.45, 7) is 15.9. The van der Waals surface area contributed by atoms with Gasteiger partial charge < -0.3 is 9.64 Å². The number of aromatic nitrogens is 3. The Kier molecular flexibility index (Phi) is 6.83. The number of hydrogen-bond acceptors (Lipinski definition) is 5. The lowest BCUT2D eigenvalue weighted by Crippen LogP contribution is -2.48. The van der Waals surface area contributed by atoms with E-state index in [0.717, 1.165) is 11.8 Å². The smallest absolute Gasteiger partial charge is 0.410 e. The number of fused-ring (bicyclic) bond motifs is 1. The molecule has 7 nitrogen and oxygen atoms in total. The van der Waals surface area contributed by atoms with E-state index in [0.29, 0.717) is 23.1 Å². The average molecular weight is 435 g/mol. The monoisotopic (exact) mass is 434 g/mol. The molecule has 31 heavy (non-hydrogen) atoms. The molecule has 1 heterocycles. The number of nitrogens with zero attached hydrogens (tertiary/aromatic N) is 4. The zero-order chi connectivity index (χ0) is 23.8. The summed E-state index contributed by atoms with van der Waals surface area (Å²) >= 11 is 0. The first-order valence-corrected chi connectivity index (χ1v) is 10.5. The highest BCUT2D eigenvalue weighted by molar-refractivity contribution is 5.89. The lowest BCUT2D eigenvalue weighted by Gasteiger charge is -2.34. The first-order chi connectivity index (χ1) is 14.0. The first kappa shape index (κ1) is 24.8. The fourth-order valence-corrected chi connectivity index (χ4v) is 3.41. The number of amides is 1. The number of halogens is 1. The topological polar surface area (TPSA) is 77.3 Å². The third-order valence-electron chi connectivity index (χ3n) is 4.73. The third kappa shape index (κ3) is 6.24. The van der Waals surface area contributed by atoms with E-state index in [-0.39, 0.29) is 12.1 Å². The number of rotatable bonds is 6. The van der Waals surface area contributed by atoms with E-state index in [4.69, 9.17) is 4.74 Å². The first-order valence-electron chi connectivity index (χ1n) is 10.5. The van der Waals surface area contributed by atoms with Crippen molar-refractivity contribution >= 4 is 23.4 Å². The van der Waals surface area contributed by atoms with Crippen LogP contribution in [0.2, 0.25) is 0 Å². The Morgan fingerprint density at radius 1 is 1.19 bits per heavy atom. The molecule has 1 aromatic carbocycles. The SMILES string of the molecule is CC(Cc1c(C=O)ccc2c1nnn2C(C)(C)C)N(CC(C)(C)F)C(=O)OC(C)(C)C. The van der Waals surface area contributed by atoms with Crippen LogP contribution in [0.3, 0.4) is 0 Å². The van der Waals surface area contributed by atoms with Crippen LogP contribution in [0.5, 0.6) is 0 Å². The van der Waals surface area contributed by atoms with E-state index in [1.807, 2.05) is 33.8 Å². The molecular weight excluding hydrogens is 399 g/mol. The molecule has 1 atom stereocenters. The molecule has 0 aliphatic carbocycles. The molecule has 2 rings (SSSR count). The van der Waals surface area contributed by atoms with Crippen LogP contribution in [-0.2, 0) is 16.7 Å². The Hall–Kier alpha value is -2.51. The summed E-state index contributed by atoms with van der Waals surface area (Å²) in [6, 6.07) is 3.13. The van der Waals surface area contributed by atoms with Gasteiger partial charge >= 0.3 is 6.09 Å². The minimum absolute atomic E-state index is 0.135. The van der Waals surface area contributed by atoms with E-state index in [9.17, 15) is 14.0 Å². The highest BCUT2D eigenvalue weighted by Gasteiger charge is 2.32. The molecule has 0 N–H and O–H groups in total. The van der Waals surface area contributed by atoms with Gasteiger partial charge in [0.15, 0.2) is 0 Å². The zero-order valence-corrected chi connectivity index (χ0v) is 20.1. The molecule has 1 amide bonds. The minimum atomic E-state index is -1.61. The summed E-state index contributed by atoms with van der Waals surface area (Å²) in [6.07, 6.45) is 0.488. The number of alkyl halides is 1. The van der Waals surface area contributed by atoms with Gasteiger partial charge in [-0.25, -0.2) is 13.9 Å². The van der Waals surface area contributed by atoms with Gasteiger partial charge in [0, 0.05) is 11.6 Å². The molecule has 0 aliphatic rings. The quantitative estimate of drug-likeness (QED) is 0.604. The molecule has 0 fully saturated rings. The van der Waals surface area contributed by atoms with Gasteiger partial charge in [0.1, 0.15) is 23.1 Å². The molecule has 1 aromatic heterocycles. The van der Waals surface area contributed by atoms with Crippen molar-refractivity contribution in [1.29, 1.82) is 0 Å². The lowest BCUT2D eigenvalue weighted by molar-refractivity contribution is 0.00505. The van der Waals surface area contributed by atoms with Crippen molar-refractivity contribution in [2.75, 3.05) is 6.54 Å². The van der Waals surface area contributed by atoms with Gasteiger partial charge in [0.25, 0.3) is 0 Å². The van der Waals surface area contributed by atoms with Crippen LogP contribution < -0.4 is 0 Å². The Morgan fingerprint density at radius 2 is 1.81 bits per heavy atom. The summed E-state index contributed by atoms with van der Waals surface area (Å²) in [5.74, 6) is 0. The third-order valence-corrected chi connectivity index (χ3v) is 4.73. The van der Waals surface area contributed by atoms with Crippen molar-refractivity contribution in [3.63, 3.8) is 0 Å². The van der Waals surface area contributed by atoms with Crippen molar-refractivity contribution in [3.05, 3.63) is 23.3 Å². The molecule has 172 valence electrons. The van der Waals surface area contributed by atoms with Gasteiger partial charge in [0.05, 0.1) is 17.6 Å². The van der Waals surface area contributed by atoms with E-state index in [2.05, 4.69) is 10.3 Å². The van der Waals surface area contributed by atoms with Gasteiger partial charge in [-0.3, -0.25) is 4.79 Å². The van der Waals surface area contributed by atoms with Gasteiger partial charge in [-0.15, -0.1) is 5.10 Å². The van der Waals surface area contributed by atoms with Gasteiger partial charge in [-0.1, -0.05) is 5.21 Å². The van der Waals surface area contributed by atoms with Crippen molar-refractivity contribution < 1.29 is 18.7 Å². The number of carbonyl (C=O) groups excluding carboxylic acids is 2. The van der Waals surface area contributed by atoms with Crippen molar-refractivity contribution in [3.8, 4) is 0 Å². The number of ether oxygens (including phenoxy) is 1. The summed E-state index contributed by atoms with van der Waals surface area (Å²) in [7, 11) is 0. The zero-order valence-electron chi connectivity index (χ0n) is 20.1. The fraction of sp³-hybridized carbons (Fsp3) is 0.652. The largest absolute Gasteiger partial charge is 0.444 e. The predicted molar refractivity (Wildman–Crippen MR) is 119 cm³/mol. The molecule has 0 bridgehead atoms. The van der Waals surface area contributed by atoms with Crippen molar-refractivity contribution in [1.82, 2.24) is 19.9 Å². The highest BCUT2D eigenvalue weighted by atomic mass is 19.1. The summed E-state index contributed by atoms with van der Waals surface area (Å²) < 4.78 is 21.9. The Labute approximate surface area is 183 Å². The molecule has 0 saturated carbocycles. The normalized spacial score (nSPS) is 13.9. The maximum Gasteiger partial charge on any atom is 0.410 e. The molecule has 0 radical (unpaired) electrons. The Bertz CT molecular complexity index is 949. The Balaban J connectivity index is 2.48. The van der Waals surface area contributed by atoms with E-state index >= 15 is 0 Å². The maximum atomic E-state index is 14.5. The standard InChI is InChI=1S/C23H35FN4O3/c1-15(27(14-23(8,9)24)20(30)31-22(5,6)7)12-17-16(13-29)10-11-18-19(17)25-26-28(18)21(2,3)4/h10-11,13,15H,12,14H2,1-9H3. The molecule has 0 saturated heterocycles. The van der Waals surface area contributed by atoms with Crippen molar-refractivity contribution in [2.24, 2.45) is 0 Å². The number of benzene rings is 1. The second-order valence-corrected chi connectivity index (χ2v) is 10.7. The second kappa shape index (κ2) is 8.55. The highest BCUT2D eigenvalue weighted by Crippen LogP contribution is 2.27. The van der Waals surface area contributed by atoms with Crippen LogP contribution in [0, 0.1) is 0 Å². The molecule has 0 aliphatic heterocycles. The van der Waals surface area contributed by atoms with E-state index in [1.165, 1.54) is 18.7 Å².